The van der Waals surface area contributed by atoms with Gasteiger partial charge in [-0.25, -0.2) is 0 Å². The van der Waals surface area contributed by atoms with E-state index in [1.807, 2.05) is 0 Å². The number of likely N-dealkylation sites (N-methyl/N-ethyl adjacent to an activating group) is 1. The van der Waals surface area contributed by atoms with E-state index in [1.165, 1.54) is 19.6 Å². The van der Waals surface area contributed by atoms with Crippen LogP contribution in [0.2, 0.25) is 0 Å². The van der Waals surface area contributed by atoms with Crippen LogP contribution in [0.25, 0.3) is 0 Å². The SMILES string of the molecule is COCCCN(C)CCN1CCC(N)CC1. The Morgan fingerprint density at radius 3 is 2.62 bits per heavy atom. The quantitative estimate of drug-likeness (QED) is 0.641. The van der Waals surface area contributed by atoms with Gasteiger partial charge in [-0.3, -0.25) is 0 Å². The van der Waals surface area contributed by atoms with Crippen LogP contribution < -0.4 is 5.73 Å². The summed E-state index contributed by atoms with van der Waals surface area (Å²) in [4.78, 5) is 4.91. The van der Waals surface area contributed by atoms with Crippen molar-refractivity contribution in [3.63, 3.8) is 0 Å². The van der Waals surface area contributed by atoms with Gasteiger partial charge in [0.25, 0.3) is 0 Å². The smallest absolute Gasteiger partial charge is 0.0474 e. The first-order valence-corrected chi connectivity index (χ1v) is 6.38. The molecule has 0 aliphatic carbocycles. The number of methoxy groups -OCH3 is 1. The van der Waals surface area contributed by atoms with Gasteiger partial charge in [-0.1, -0.05) is 0 Å². The number of piperidine rings is 1. The van der Waals surface area contributed by atoms with Gasteiger partial charge in [0.1, 0.15) is 0 Å². The molecule has 4 nitrogen and oxygen atoms in total. The fraction of sp³-hybridized carbons (Fsp3) is 1.00. The largest absolute Gasteiger partial charge is 0.385 e. The first-order valence-electron chi connectivity index (χ1n) is 6.38. The van der Waals surface area contributed by atoms with Gasteiger partial charge < -0.3 is 20.3 Å². The highest BCUT2D eigenvalue weighted by molar-refractivity contribution is 4.74. The zero-order valence-corrected chi connectivity index (χ0v) is 10.8. The first kappa shape index (κ1) is 13.9. The van der Waals surface area contributed by atoms with Crippen LogP contribution in [0.3, 0.4) is 0 Å². The van der Waals surface area contributed by atoms with Crippen molar-refractivity contribution in [3.05, 3.63) is 0 Å². The average Bonchev–Trinajstić information content (AvgIpc) is 2.29. The highest BCUT2D eigenvalue weighted by atomic mass is 16.5. The van der Waals surface area contributed by atoms with Gasteiger partial charge in [-0.05, 0) is 39.4 Å². The Labute approximate surface area is 99.7 Å². The third-order valence-electron chi connectivity index (χ3n) is 3.32. The van der Waals surface area contributed by atoms with Crippen molar-refractivity contribution in [1.29, 1.82) is 0 Å². The standard InChI is InChI=1S/C12H27N3O/c1-14(6-3-11-16-2)9-10-15-7-4-12(13)5-8-15/h12H,3-11,13H2,1-2H3. The summed E-state index contributed by atoms with van der Waals surface area (Å²) in [6, 6.07) is 0.440. The molecule has 0 unspecified atom stereocenters. The molecule has 0 atom stereocenters. The monoisotopic (exact) mass is 229 g/mol. The fourth-order valence-corrected chi connectivity index (χ4v) is 2.08. The van der Waals surface area contributed by atoms with Gasteiger partial charge >= 0.3 is 0 Å². The second-order valence-electron chi connectivity index (χ2n) is 4.83. The Bertz CT molecular complexity index is 170. The van der Waals surface area contributed by atoms with Crippen molar-refractivity contribution in [2.24, 2.45) is 5.73 Å². The maximum atomic E-state index is 5.88. The van der Waals surface area contributed by atoms with E-state index in [0.29, 0.717) is 6.04 Å². The van der Waals surface area contributed by atoms with Crippen LogP contribution >= 0.6 is 0 Å². The molecule has 1 saturated heterocycles. The molecular formula is C12H27N3O. The minimum atomic E-state index is 0.440. The number of rotatable bonds is 7. The molecule has 0 spiro atoms. The van der Waals surface area contributed by atoms with Crippen LogP contribution in [0.15, 0.2) is 0 Å². The van der Waals surface area contributed by atoms with Crippen molar-refractivity contribution in [3.8, 4) is 0 Å². The van der Waals surface area contributed by atoms with Crippen LogP contribution in [-0.4, -0.2) is 69.3 Å². The van der Waals surface area contributed by atoms with E-state index < -0.39 is 0 Å². The lowest BCUT2D eigenvalue weighted by Crippen LogP contribution is -2.42. The van der Waals surface area contributed by atoms with Crippen LogP contribution in [-0.2, 0) is 4.74 Å². The Morgan fingerprint density at radius 1 is 1.31 bits per heavy atom. The molecule has 96 valence electrons. The van der Waals surface area contributed by atoms with Crippen molar-refractivity contribution in [2.75, 3.05) is 53.5 Å². The van der Waals surface area contributed by atoms with Gasteiger partial charge in [0.15, 0.2) is 0 Å². The molecule has 16 heavy (non-hydrogen) atoms. The summed E-state index contributed by atoms with van der Waals surface area (Å²) in [5.41, 5.74) is 5.88. The Balaban J connectivity index is 2.00. The van der Waals surface area contributed by atoms with Crippen molar-refractivity contribution < 1.29 is 4.74 Å². The van der Waals surface area contributed by atoms with Crippen LogP contribution in [0, 0.1) is 0 Å². The highest BCUT2D eigenvalue weighted by Crippen LogP contribution is 2.07. The van der Waals surface area contributed by atoms with Crippen LogP contribution in [0.1, 0.15) is 19.3 Å². The highest BCUT2D eigenvalue weighted by Gasteiger charge is 2.15. The molecule has 1 rings (SSSR count). The summed E-state index contributed by atoms with van der Waals surface area (Å²) < 4.78 is 5.05. The molecule has 1 aliphatic heterocycles. The number of nitrogens with two attached hydrogens (primary N) is 1. The Kier molecular flexibility index (Phi) is 6.96. The molecule has 4 heteroatoms. The van der Waals surface area contributed by atoms with Gasteiger partial charge in [-0.2, -0.15) is 0 Å². The lowest BCUT2D eigenvalue weighted by Gasteiger charge is -2.31. The second kappa shape index (κ2) is 8.01. The number of ether oxygens (including phenoxy) is 1. The zero-order valence-electron chi connectivity index (χ0n) is 10.8. The zero-order chi connectivity index (χ0) is 11.8. The van der Waals surface area contributed by atoms with Crippen LogP contribution in [0.4, 0.5) is 0 Å². The van der Waals surface area contributed by atoms with Gasteiger partial charge in [-0.15, -0.1) is 0 Å². The summed E-state index contributed by atoms with van der Waals surface area (Å²) in [6.07, 6.45) is 3.44. The molecule has 2 N–H and O–H groups in total. The van der Waals surface area contributed by atoms with Gasteiger partial charge in [0, 0.05) is 39.4 Å². The van der Waals surface area contributed by atoms with E-state index in [1.54, 1.807) is 7.11 Å². The molecule has 0 amide bonds. The summed E-state index contributed by atoms with van der Waals surface area (Å²) >= 11 is 0. The molecule has 0 saturated carbocycles. The number of hydrogen-bond acceptors (Lipinski definition) is 4. The molecule has 1 aliphatic rings. The predicted octanol–water partition coefficient (Wildman–Crippen LogP) is 0.378. The molecule has 1 fully saturated rings. The summed E-state index contributed by atoms with van der Waals surface area (Å²) in [5.74, 6) is 0. The number of likely N-dealkylation sites (tertiary alicyclic amines) is 1. The van der Waals surface area contributed by atoms with E-state index in [9.17, 15) is 0 Å². The van der Waals surface area contributed by atoms with E-state index in [-0.39, 0.29) is 0 Å². The Hall–Kier alpha value is -0.160. The maximum Gasteiger partial charge on any atom is 0.0474 e. The summed E-state index contributed by atoms with van der Waals surface area (Å²) in [6.45, 7) is 6.67. The van der Waals surface area contributed by atoms with E-state index in [4.69, 9.17) is 10.5 Å². The van der Waals surface area contributed by atoms with Gasteiger partial charge in [0.2, 0.25) is 0 Å². The first-order chi connectivity index (χ1) is 7.72. The summed E-state index contributed by atoms with van der Waals surface area (Å²) in [7, 11) is 3.95. The normalized spacial score (nSPS) is 19.5. The lowest BCUT2D eigenvalue weighted by atomic mass is 10.1. The van der Waals surface area contributed by atoms with Crippen molar-refractivity contribution in [1.82, 2.24) is 9.80 Å². The van der Waals surface area contributed by atoms with E-state index in [2.05, 4.69) is 16.8 Å². The number of nitrogens with zero attached hydrogens (tertiary/aromatic N) is 2. The molecular weight excluding hydrogens is 202 g/mol. The second-order valence-corrected chi connectivity index (χ2v) is 4.83. The minimum absolute atomic E-state index is 0.440. The predicted molar refractivity (Wildman–Crippen MR) is 67.6 cm³/mol. The molecule has 0 aromatic heterocycles. The Morgan fingerprint density at radius 2 is 2.00 bits per heavy atom. The van der Waals surface area contributed by atoms with E-state index >= 15 is 0 Å². The average molecular weight is 229 g/mol. The third-order valence-corrected chi connectivity index (χ3v) is 3.32. The fourth-order valence-electron chi connectivity index (χ4n) is 2.08. The lowest BCUT2D eigenvalue weighted by molar-refractivity contribution is 0.163. The molecule has 0 aromatic rings. The topological polar surface area (TPSA) is 41.7 Å². The van der Waals surface area contributed by atoms with Crippen molar-refractivity contribution in [2.45, 2.75) is 25.3 Å². The van der Waals surface area contributed by atoms with Gasteiger partial charge in [0.05, 0.1) is 0 Å². The van der Waals surface area contributed by atoms with Crippen LogP contribution in [0.5, 0.6) is 0 Å². The third kappa shape index (κ3) is 5.80. The maximum absolute atomic E-state index is 5.88. The van der Waals surface area contributed by atoms with Crippen molar-refractivity contribution >= 4 is 0 Å². The molecule has 0 bridgehead atoms. The number of hydrogen-bond donors (Lipinski definition) is 1. The minimum Gasteiger partial charge on any atom is -0.385 e. The van der Waals surface area contributed by atoms with E-state index in [0.717, 1.165) is 39.0 Å². The molecule has 1 heterocycles. The molecule has 0 radical (unpaired) electrons. The summed E-state index contributed by atoms with van der Waals surface area (Å²) in [5, 5.41) is 0. The molecule has 0 aromatic carbocycles.